The van der Waals surface area contributed by atoms with E-state index in [9.17, 15) is 9.59 Å². The van der Waals surface area contributed by atoms with Crippen LogP contribution in [0.5, 0.6) is 0 Å². The van der Waals surface area contributed by atoms with Crippen molar-refractivity contribution in [1.82, 2.24) is 15.1 Å². The van der Waals surface area contributed by atoms with E-state index in [1.54, 1.807) is 6.20 Å². The number of carbonyl (C=O) groups excluding carboxylic acids is 1. The molecule has 0 aliphatic heterocycles. The van der Waals surface area contributed by atoms with Gasteiger partial charge in [-0.3, -0.25) is 14.3 Å². The molecule has 0 bridgehead atoms. The molecule has 0 saturated heterocycles. The molecule has 2 N–H and O–H groups in total. The fourth-order valence-corrected chi connectivity index (χ4v) is 2.55. The number of hydrogen-bond donors (Lipinski definition) is 2. The van der Waals surface area contributed by atoms with Gasteiger partial charge in [0.25, 0.3) is 5.91 Å². The third-order valence-corrected chi connectivity index (χ3v) is 3.73. The summed E-state index contributed by atoms with van der Waals surface area (Å²) < 4.78 is 1.97. The Morgan fingerprint density at radius 1 is 1.41 bits per heavy atom. The summed E-state index contributed by atoms with van der Waals surface area (Å²) in [5, 5.41) is 15.8. The van der Waals surface area contributed by atoms with E-state index in [1.165, 1.54) is 0 Å². The number of carboxylic acids is 1. The Morgan fingerprint density at radius 2 is 2.14 bits per heavy atom. The molecule has 2 rings (SSSR count). The Hall–Kier alpha value is -1.85. The molecule has 1 saturated carbocycles. The Labute approximate surface area is 130 Å². The summed E-state index contributed by atoms with van der Waals surface area (Å²) in [7, 11) is 0. The van der Waals surface area contributed by atoms with Crippen molar-refractivity contribution in [2.75, 3.05) is 6.54 Å². The lowest BCUT2D eigenvalue weighted by Gasteiger charge is -2.11. The monoisotopic (exact) mass is 307 g/mol. The van der Waals surface area contributed by atoms with Crippen molar-refractivity contribution in [1.29, 1.82) is 0 Å². The van der Waals surface area contributed by atoms with Gasteiger partial charge in [0.15, 0.2) is 0 Å². The first-order chi connectivity index (χ1) is 10.5. The van der Waals surface area contributed by atoms with E-state index in [0.29, 0.717) is 36.8 Å². The van der Waals surface area contributed by atoms with Gasteiger partial charge >= 0.3 is 5.97 Å². The number of carbonyl (C=O) groups is 2. The normalized spacial score (nSPS) is 14.3. The molecule has 1 heterocycles. The highest BCUT2D eigenvalue weighted by molar-refractivity contribution is 5.95. The second kappa shape index (κ2) is 7.42. The van der Waals surface area contributed by atoms with Crippen LogP contribution in [0.4, 0.5) is 0 Å². The molecule has 0 unspecified atom stereocenters. The lowest BCUT2D eigenvalue weighted by atomic mass is 10.1. The number of unbranched alkanes of at least 4 members (excludes halogenated alkanes) is 1. The van der Waals surface area contributed by atoms with E-state index in [1.807, 2.05) is 4.68 Å². The fraction of sp³-hybridized carbons (Fsp3) is 0.688. The third kappa shape index (κ3) is 4.58. The highest BCUT2D eigenvalue weighted by Gasteiger charge is 2.32. The van der Waals surface area contributed by atoms with Crippen molar-refractivity contribution in [3.63, 3.8) is 0 Å². The van der Waals surface area contributed by atoms with E-state index in [-0.39, 0.29) is 12.3 Å². The second-order valence-electron chi connectivity index (χ2n) is 6.40. The maximum Gasteiger partial charge on any atom is 0.303 e. The number of amides is 1. The summed E-state index contributed by atoms with van der Waals surface area (Å²) in [5.74, 6) is 0.0721. The summed E-state index contributed by atoms with van der Waals surface area (Å²) in [6, 6.07) is 0. The van der Waals surface area contributed by atoms with Crippen molar-refractivity contribution >= 4 is 11.9 Å². The molecule has 0 radical (unpaired) electrons. The van der Waals surface area contributed by atoms with Crippen LogP contribution >= 0.6 is 0 Å². The summed E-state index contributed by atoms with van der Waals surface area (Å²) in [4.78, 5) is 22.7. The maximum atomic E-state index is 12.3. The van der Waals surface area contributed by atoms with Gasteiger partial charge in [-0.05, 0) is 31.6 Å². The number of rotatable bonds is 9. The Morgan fingerprint density at radius 3 is 2.73 bits per heavy atom. The predicted molar refractivity (Wildman–Crippen MR) is 82.9 cm³/mol. The summed E-state index contributed by atoms with van der Waals surface area (Å²) in [5.41, 5.74) is 1.75. The van der Waals surface area contributed by atoms with Crippen LogP contribution in [-0.2, 0) is 11.3 Å². The second-order valence-corrected chi connectivity index (χ2v) is 6.40. The molecule has 1 aliphatic rings. The van der Waals surface area contributed by atoms with E-state index < -0.39 is 5.97 Å². The third-order valence-electron chi connectivity index (χ3n) is 3.73. The quantitative estimate of drug-likeness (QED) is 0.686. The maximum absolute atomic E-state index is 12.3. The van der Waals surface area contributed by atoms with Gasteiger partial charge in [0.05, 0.1) is 17.5 Å². The van der Waals surface area contributed by atoms with Gasteiger partial charge in [-0.1, -0.05) is 13.8 Å². The molecule has 1 amide bonds. The van der Waals surface area contributed by atoms with Gasteiger partial charge in [0, 0.05) is 25.4 Å². The van der Waals surface area contributed by atoms with Gasteiger partial charge in [-0.15, -0.1) is 0 Å². The molecule has 1 fully saturated rings. The van der Waals surface area contributed by atoms with Crippen molar-refractivity contribution in [2.24, 2.45) is 5.92 Å². The smallest absolute Gasteiger partial charge is 0.303 e. The molecule has 0 atom stereocenters. The van der Waals surface area contributed by atoms with Crippen LogP contribution in [0.25, 0.3) is 0 Å². The largest absolute Gasteiger partial charge is 0.481 e. The lowest BCUT2D eigenvalue weighted by Crippen LogP contribution is -2.25. The minimum Gasteiger partial charge on any atom is -0.481 e. The van der Waals surface area contributed by atoms with Crippen LogP contribution in [0.15, 0.2) is 6.20 Å². The van der Waals surface area contributed by atoms with E-state index in [0.717, 1.165) is 25.1 Å². The Bertz CT molecular complexity index is 533. The van der Waals surface area contributed by atoms with Crippen LogP contribution < -0.4 is 5.32 Å². The minimum absolute atomic E-state index is 0.0905. The summed E-state index contributed by atoms with van der Waals surface area (Å²) in [6.07, 6.45) is 5.33. The van der Waals surface area contributed by atoms with Gasteiger partial charge in [0.2, 0.25) is 0 Å². The van der Waals surface area contributed by atoms with Crippen LogP contribution in [0.1, 0.15) is 67.9 Å². The Balaban J connectivity index is 1.92. The first-order valence-electron chi connectivity index (χ1n) is 8.04. The van der Waals surface area contributed by atoms with Gasteiger partial charge in [-0.2, -0.15) is 5.10 Å². The molecular weight excluding hydrogens is 282 g/mol. The average Bonchev–Trinajstić information content (AvgIpc) is 3.19. The van der Waals surface area contributed by atoms with Gasteiger partial charge in [-0.25, -0.2) is 0 Å². The molecule has 1 aromatic rings. The highest BCUT2D eigenvalue weighted by atomic mass is 16.4. The first-order valence-corrected chi connectivity index (χ1v) is 8.04. The zero-order valence-corrected chi connectivity index (χ0v) is 13.3. The zero-order valence-electron chi connectivity index (χ0n) is 13.3. The number of hydrogen-bond acceptors (Lipinski definition) is 3. The number of aromatic nitrogens is 2. The van der Waals surface area contributed by atoms with E-state index in [4.69, 9.17) is 5.11 Å². The molecule has 1 aromatic heterocycles. The predicted octanol–water partition coefficient (Wildman–Crippen LogP) is 2.40. The molecule has 0 spiro atoms. The van der Waals surface area contributed by atoms with Crippen molar-refractivity contribution in [2.45, 2.75) is 58.4 Å². The molecule has 6 nitrogen and oxygen atoms in total. The highest BCUT2D eigenvalue weighted by Crippen LogP contribution is 2.41. The zero-order chi connectivity index (χ0) is 16.1. The molecule has 1 aliphatic carbocycles. The average molecular weight is 307 g/mol. The van der Waals surface area contributed by atoms with Crippen molar-refractivity contribution in [3.05, 3.63) is 17.5 Å². The van der Waals surface area contributed by atoms with Crippen LogP contribution in [-0.4, -0.2) is 33.3 Å². The lowest BCUT2D eigenvalue weighted by molar-refractivity contribution is -0.137. The number of carboxylic acid groups (broad SMARTS) is 1. The number of nitrogens with one attached hydrogen (secondary N) is 1. The fourth-order valence-electron chi connectivity index (χ4n) is 2.55. The van der Waals surface area contributed by atoms with Crippen molar-refractivity contribution < 1.29 is 14.7 Å². The molecule has 6 heteroatoms. The summed E-state index contributed by atoms with van der Waals surface area (Å²) in [6.45, 7) is 5.62. The first kappa shape index (κ1) is 16.5. The Kier molecular flexibility index (Phi) is 5.57. The standard InChI is InChI=1S/C16H25N3O3/c1-11(2)10-19-15(12-6-7-12)13(9-18-19)16(22)17-8-4-3-5-14(20)21/h9,11-12H,3-8,10H2,1-2H3,(H,17,22)(H,20,21). The molecule has 122 valence electrons. The SMILES string of the molecule is CC(C)Cn1ncc(C(=O)NCCCCC(=O)O)c1C1CC1. The van der Waals surface area contributed by atoms with E-state index >= 15 is 0 Å². The minimum atomic E-state index is -0.794. The topological polar surface area (TPSA) is 84.2 Å². The van der Waals surface area contributed by atoms with Gasteiger partial charge in [0.1, 0.15) is 0 Å². The molecule has 22 heavy (non-hydrogen) atoms. The van der Waals surface area contributed by atoms with E-state index in [2.05, 4.69) is 24.3 Å². The number of aliphatic carboxylic acids is 1. The number of nitrogens with zero attached hydrogens (tertiary/aromatic N) is 2. The van der Waals surface area contributed by atoms with Crippen molar-refractivity contribution in [3.8, 4) is 0 Å². The van der Waals surface area contributed by atoms with Crippen LogP contribution in [0.2, 0.25) is 0 Å². The summed E-state index contributed by atoms with van der Waals surface area (Å²) >= 11 is 0. The molecular formula is C16H25N3O3. The van der Waals surface area contributed by atoms with Crippen LogP contribution in [0, 0.1) is 5.92 Å². The van der Waals surface area contributed by atoms with Gasteiger partial charge < -0.3 is 10.4 Å². The van der Waals surface area contributed by atoms with Crippen LogP contribution in [0.3, 0.4) is 0 Å². The molecule has 0 aromatic carbocycles.